The predicted molar refractivity (Wildman–Crippen MR) is 107 cm³/mol. The van der Waals surface area contributed by atoms with Crippen LogP contribution in [0.4, 0.5) is 13.6 Å². The van der Waals surface area contributed by atoms with Gasteiger partial charge in [0.2, 0.25) is 0 Å². The first-order chi connectivity index (χ1) is 13.9. The Bertz CT molecular complexity index is 967. The minimum Gasteiger partial charge on any atom is -0.490 e. The number of carbonyl (C=O) groups is 2. The molecule has 0 spiro atoms. The minimum atomic E-state index is -2.98. The van der Waals surface area contributed by atoms with Gasteiger partial charge >= 0.3 is 6.61 Å². The maximum atomic E-state index is 12.7. The van der Waals surface area contributed by atoms with E-state index >= 15 is 0 Å². The number of hydrogen-bond donors (Lipinski definition) is 0. The Balaban J connectivity index is 1.83. The normalized spacial score (nSPS) is 15.5. The van der Waals surface area contributed by atoms with Gasteiger partial charge in [-0.25, -0.2) is 0 Å². The molecule has 1 saturated heterocycles. The smallest absolute Gasteiger partial charge is 0.387 e. The summed E-state index contributed by atoms with van der Waals surface area (Å²) in [5.41, 5.74) is 1.17. The number of ether oxygens (including phenoxy) is 2. The molecule has 0 N–H and O–H groups in total. The van der Waals surface area contributed by atoms with Gasteiger partial charge in [-0.1, -0.05) is 35.9 Å². The van der Waals surface area contributed by atoms with E-state index in [4.69, 9.17) is 16.3 Å². The van der Waals surface area contributed by atoms with Crippen molar-refractivity contribution in [2.24, 2.45) is 0 Å². The summed E-state index contributed by atoms with van der Waals surface area (Å²) >= 11 is 6.91. The van der Waals surface area contributed by atoms with E-state index in [0.717, 1.165) is 16.7 Å². The first-order valence-corrected chi connectivity index (χ1v) is 9.79. The number of carbonyl (C=O) groups excluding carboxylic acids is 2. The molecule has 0 atom stereocenters. The summed E-state index contributed by atoms with van der Waals surface area (Å²) in [6, 6.07) is 11.3. The molecule has 9 heteroatoms. The van der Waals surface area contributed by atoms with Gasteiger partial charge in [-0.15, -0.1) is 0 Å². The van der Waals surface area contributed by atoms with Gasteiger partial charge in [-0.05, 0) is 54.1 Å². The molecule has 0 aliphatic carbocycles. The highest BCUT2D eigenvalue weighted by Gasteiger charge is 2.35. The lowest BCUT2D eigenvalue weighted by molar-refractivity contribution is -0.123. The number of alkyl halides is 2. The van der Waals surface area contributed by atoms with Crippen LogP contribution in [0, 0.1) is 0 Å². The summed E-state index contributed by atoms with van der Waals surface area (Å²) < 4.78 is 34.8. The van der Waals surface area contributed by atoms with Crippen LogP contribution >= 0.6 is 23.4 Å². The monoisotopic (exact) mass is 439 g/mol. The molecule has 0 unspecified atom stereocenters. The molecule has 3 rings (SSSR count). The molecule has 5 nitrogen and oxygen atoms in total. The fourth-order valence-electron chi connectivity index (χ4n) is 2.66. The van der Waals surface area contributed by atoms with Crippen molar-refractivity contribution in [3.63, 3.8) is 0 Å². The van der Waals surface area contributed by atoms with Crippen LogP contribution in [0.5, 0.6) is 11.5 Å². The van der Waals surface area contributed by atoms with E-state index in [1.165, 1.54) is 24.3 Å². The lowest BCUT2D eigenvalue weighted by atomic mass is 10.1. The fourth-order valence-corrected chi connectivity index (χ4v) is 3.69. The SMILES string of the molecule is CCOc1cc(/C=C2\SC(=O)N(Cc3ccccc3Cl)C2=O)ccc1OC(F)F. The molecule has 1 aliphatic heterocycles. The molecule has 2 amide bonds. The Morgan fingerprint density at radius 3 is 2.62 bits per heavy atom. The molecule has 1 aliphatic rings. The van der Waals surface area contributed by atoms with Crippen LogP contribution < -0.4 is 9.47 Å². The van der Waals surface area contributed by atoms with E-state index in [0.29, 0.717) is 16.1 Å². The maximum absolute atomic E-state index is 12.7. The van der Waals surface area contributed by atoms with Gasteiger partial charge in [0.25, 0.3) is 11.1 Å². The van der Waals surface area contributed by atoms with Gasteiger partial charge in [-0.3, -0.25) is 14.5 Å². The van der Waals surface area contributed by atoms with Crippen molar-refractivity contribution in [3.05, 3.63) is 63.5 Å². The second-order valence-corrected chi connectivity index (χ2v) is 7.28. The second kappa shape index (κ2) is 9.28. The maximum Gasteiger partial charge on any atom is 0.387 e. The average Bonchev–Trinajstić information content (AvgIpc) is 2.93. The highest BCUT2D eigenvalue weighted by Crippen LogP contribution is 2.36. The van der Waals surface area contributed by atoms with Gasteiger partial charge < -0.3 is 9.47 Å². The van der Waals surface area contributed by atoms with E-state index in [1.54, 1.807) is 31.2 Å². The first-order valence-electron chi connectivity index (χ1n) is 8.59. The second-order valence-electron chi connectivity index (χ2n) is 5.88. The van der Waals surface area contributed by atoms with Crippen molar-refractivity contribution in [1.82, 2.24) is 4.90 Å². The van der Waals surface area contributed by atoms with E-state index in [1.807, 2.05) is 0 Å². The number of benzene rings is 2. The Morgan fingerprint density at radius 1 is 1.17 bits per heavy atom. The van der Waals surface area contributed by atoms with Gasteiger partial charge in [0, 0.05) is 5.02 Å². The first kappa shape index (κ1) is 21.1. The zero-order chi connectivity index (χ0) is 21.0. The van der Waals surface area contributed by atoms with E-state index in [2.05, 4.69) is 4.74 Å². The molecule has 2 aromatic rings. The topological polar surface area (TPSA) is 55.8 Å². The molecule has 0 bridgehead atoms. The number of thioether (sulfide) groups is 1. The van der Waals surface area contributed by atoms with E-state index in [-0.39, 0.29) is 29.6 Å². The largest absolute Gasteiger partial charge is 0.490 e. The third-order valence-corrected chi connectivity index (χ3v) is 5.22. The Morgan fingerprint density at radius 2 is 1.93 bits per heavy atom. The summed E-state index contributed by atoms with van der Waals surface area (Å²) in [4.78, 5) is 26.3. The van der Waals surface area contributed by atoms with Gasteiger partial charge in [0.05, 0.1) is 18.1 Å². The lowest BCUT2D eigenvalue weighted by Gasteiger charge is -2.13. The number of rotatable bonds is 7. The van der Waals surface area contributed by atoms with Crippen LogP contribution in [0.3, 0.4) is 0 Å². The number of imide groups is 1. The van der Waals surface area contributed by atoms with Crippen LogP contribution in [0.15, 0.2) is 47.4 Å². The molecule has 152 valence electrons. The Labute approximate surface area is 175 Å². The van der Waals surface area contributed by atoms with Gasteiger partial charge in [-0.2, -0.15) is 8.78 Å². The number of hydrogen-bond acceptors (Lipinski definition) is 5. The minimum absolute atomic E-state index is 0.0625. The molecular weight excluding hydrogens is 424 g/mol. The van der Waals surface area contributed by atoms with Crippen LogP contribution in [-0.2, 0) is 11.3 Å². The summed E-state index contributed by atoms with van der Waals surface area (Å²) in [6.07, 6.45) is 1.51. The van der Waals surface area contributed by atoms with Crippen LogP contribution in [0.25, 0.3) is 6.08 Å². The molecule has 1 heterocycles. The molecule has 0 aromatic heterocycles. The van der Waals surface area contributed by atoms with E-state index < -0.39 is 17.8 Å². The van der Waals surface area contributed by atoms with Crippen LogP contribution in [0.2, 0.25) is 5.02 Å². The average molecular weight is 440 g/mol. The van der Waals surface area contributed by atoms with Crippen molar-refractivity contribution >= 4 is 40.6 Å². The molecular formula is C20H16ClF2NO4S. The predicted octanol–water partition coefficient (Wildman–Crippen LogP) is 5.58. The summed E-state index contributed by atoms with van der Waals surface area (Å²) in [6.45, 7) is -0.968. The van der Waals surface area contributed by atoms with Gasteiger partial charge in [0.1, 0.15) is 0 Å². The third-order valence-electron chi connectivity index (χ3n) is 3.94. The number of amides is 2. The Hall–Kier alpha value is -2.58. The number of nitrogens with zero attached hydrogens (tertiary/aromatic N) is 1. The summed E-state index contributed by atoms with van der Waals surface area (Å²) in [5.74, 6) is -0.437. The molecule has 2 aromatic carbocycles. The van der Waals surface area contributed by atoms with Crippen LogP contribution in [-0.4, -0.2) is 29.3 Å². The molecule has 0 saturated carbocycles. The summed E-state index contributed by atoms with van der Waals surface area (Å²) in [5, 5.41) is 0.0513. The Kier molecular flexibility index (Phi) is 6.76. The van der Waals surface area contributed by atoms with Gasteiger partial charge in [0.15, 0.2) is 11.5 Å². The molecule has 0 radical (unpaired) electrons. The highest BCUT2D eigenvalue weighted by molar-refractivity contribution is 8.18. The molecule has 1 fully saturated rings. The van der Waals surface area contributed by atoms with Crippen molar-refractivity contribution in [2.75, 3.05) is 6.61 Å². The van der Waals surface area contributed by atoms with Crippen molar-refractivity contribution in [2.45, 2.75) is 20.1 Å². The van der Waals surface area contributed by atoms with Crippen molar-refractivity contribution in [3.8, 4) is 11.5 Å². The van der Waals surface area contributed by atoms with E-state index in [9.17, 15) is 18.4 Å². The quantitative estimate of drug-likeness (QED) is 0.527. The fraction of sp³-hybridized carbons (Fsp3) is 0.200. The zero-order valence-corrected chi connectivity index (χ0v) is 16.8. The standard InChI is InChI=1S/C20H16ClF2NO4S/c1-2-27-16-9-12(7-8-15(16)28-19(22)23)10-17-18(25)24(20(26)29-17)11-13-5-3-4-6-14(13)21/h3-10,19H,2,11H2,1H3/b17-10-. The highest BCUT2D eigenvalue weighted by atomic mass is 35.5. The van der Waals surface area contributed by atoms with Crippen LogP contribution in [0.1, 0.15) is 18.1 Å². The van der Waals surface area contributed by atoms with Crippen molar-refractivity contribution < 1.29 is 27.8 Å². The zero-order valence-electron chi connectivity index (χ0n) is 15.2. The lowest BCUT2D eigenvalue weighted by Crippen LogP contribution is -2.27. The molecule has 29 heavy (non-hydrogen) atoms. The van der Waals surface area contributed by atoms with Crippen molar-refractivity contribution in [1.29, 1.82) is 0 Å². The third kappa shape index (κ3) is 5.07. The summed E-state index contributed by atoms with van der Waals surface area (Å²) in [7, 11) is 0. The number of halogens is 3.